The molecule has 0 amide bonds. The van der Waals surface area contributed by atoms with Gasteiger partial charge in [-0.25, -0.2) is 0 Å². The monoisotopic (exact) mass is 376 g/mol. The van der Waals surface area contributed by atoms with E-state index in [4.69, 9.17) is 0 Å². The van der Waals surface area contributed by atoms with Gasteiger partial charge in [0.25, 0.3) is 0 Å². The summed E-state index contributed by atoms with van der Waals surface area (Å²) in [5.41, 5.74) is 5.73. The molecule has 3 aromatic carbocycles. The highest BCUT2D eigenvalue weighted by molar-refractivity contribution is 9.10. The van der Waals surface area contributed by atoms with Gasteiger partial charge in [-0.2, -0.15) is 0 Å². The Labute approximate surface area is 150 Å². The lowest BCUT2D eigenvalue weighted by Gasteiger charge is -2.24. The molecule has 0 radical (unpaired) electrons. The van der Waals surface area contributed by atoms with Crippen molar-refractivity contribution in [3.8, 4) is 11.1 Å². The summed E-state index contributed by atoms with van der Waals surface area (Å²) in [7, 11) is 0. The topological polar surface area (TPSA) is 17.1 Å². The van der Waals surface area contributed by atoms with Crippen LogP contribution in [0.25, 0.3) is 11.1 Å². The normalized spacial score (nSPS) is 16.7. The van der Waals surface area contributed by atoms with Crippen LogP contribution < -0.4 is 0 Å². The van der Waals surface area contributed by atoms with Crippen molar-refractivity contribution in [1.29, 1.82) is 0 Å². The molecule has 0 aromatic heterocycles. The number of hydrogen-bond acceptors (Lipinski definition) is 1. The van der Waals surface area contributed by atoms with E-state index in [0.29, 0.717) is 6.42 Å². The highest BCUT2D eigenvalue weighted by Crippen LogP contribution is 2.33. The van der Waals surface area contributed by atoms with Crippen LogP contribution in [0.15, 0.2) is 77.3 Å². The number of rotatable bonds is 2. The minimum absolute atomic E-state index is 0.263. The first-order chi connectivity index (χ1) is 11.7. The van der Waals surface area contributed by atoms with Gasteiger partial charge in [0.2, 0.25) is 0 Å². The quantitative estimate of drug-likeness (QED) is 0.533. The second-order valence-electron chi connectivity index (χ2n) is 6.31. The summed E-state index contributed by atoms with van der Waals surface area (Å²) < 4.78 is 1.09. The van der Waals surface area contributed by atoms with Crippen molar-refractivity contribution >= 4 is 21.7 Å². The molecule has 2 heteroatoms. The molecule has 0 aliphatic heterocycles. The van der Waals surface area contributed by atoms with Gasteiger partial charge in [0, 0.05) is 16.5 Å². The zero-order chi connectivity index (χ0) is 16.5. The number of Topliss-reactive ketones (excluding diaryl/α,β-unsaturated/α-hetero) is 1. The lowest BCUT2D eigenvalue weighted by molar-refractivity contribution is 0.0964. The Morgan fingerprint density at radius 2 is 1.38 bits per heavy atom. The standard InChI is InChI=1S/C22H17BrO/c23-20-11-9-16(10-12-20)15-5-7-17(8-6-15)19-13-18-3-1-2-4-21(18)22(24)14-19/h1-12,19H,13-14H2. The summed E-state index contributed by atoms with van der Waals surface area (Å²) in [6.07, 6.45) is 1.55. The third-order valence-corrected chi connectivity index (χ3v) is 5.30. The second-order valence-corrected chi connectivity index (χ2v) is 7.23. The van der Waals surface area contributed by atoms with Crippen molar-refractivity contribution in [2.45, 2.75) is 18.8 Å². The maximum absolute atomic E-state index is 12.4. The van der Waals surface area contributed by atoms with E-state index in [1.165, 1.54) is 22.3 Å². The van der Waals surface area contributed by atoms with Gasteiger partial charge >= 0.3 is 0 Å². The molecule has 0 N–H and O–H groups in total. The average Bonchev–Trinajstić information content (AvgIpc) is 2.62. The predicted molar refractivity (Wildman–Crippen MR) is 101 cm³/mol. The molecule has 0 fully saturated rings. The van der Waals surface area contributed by atoms with E-state index >= 15 is 0 Å². The van der Waals surface area contributed by atoms with E-state index in [0.717, 1.165) is 16.5 Å². The lowest BCUT2D eigenvalue weighted by atomic mass is 9.79. The van der Waals surface area contributed by atoms with Crippen LogP contribution in [0, 0.1) is 0 Å². The molecule has 1 nitrogen and oxygen atoms in total. The molecular weight excluding hydrogens is 360 g/mol. The summed E-state index contributed by atoms with van der Waals surface area (Å²) in [6, 6.07) is 25.0. The fraction of sp³-hybridized carbons (Fsp3) is 0.136. The molecule has 0 heterocycles. The van der Waals surface area contributed by atoms with Crippen molar-refractivity contribution in [2.24, 2.45) is 0 Å². The fourth-order valence-electron chi connectivity index (χ4n) is 3.47. The summed E-state index contributed by atoms with van der Waals surface area (Å²) in [5.74, 6) is 0.546. The molecule has 0 spiro atoms. The van der Waals surface area contributed by atoms with Gasteiger partial charge in [-0.05, 0) is 46.7 Å². The Morgan fingerprint density at radius 1 is 0.750 bits per heavy atom. The lowest BCUT2D eigenvalue weighted by Crippen LogP contribution is -2.18. The first-order valence-corrected chi connectivity index (χ1v) is 8.97. The molecule has 0 saturated carbocycles. The van der Waals surface area contributed by atoms with Crippen molar-refractivity contribution in [2.75, 3.05) is 0 Å². The van der Waals surface area contributed by atoms with Gasteiger partial charge in [-0.3, -0.25) is 4.79 Å². The fourth-order valence-corrected chi connectivity index (χ4v) is 3.73. The Kier molecular flexibility index (Phi) is 4.07. The molecule has 1 aliphatic carbocycles. The van der Waals surface area contributed by atoms with Gasteiger partial charge < -0.3 is 0 Å². The molecular formula is C22H17BrO. The number of ketones is 1. The van der Waals surface area contributed by atoms with Gasteiger partial charge in [0.15, 0.2) is 5.78 Å². The van der Waals surface area contributed by atoms with Crippen LogP contribution in [0.5, 0.6) is 0 Å². The zero-order valence-electron chi connectivity index (χ0n) is 13.2. The van der Waals surface area contributed by atoms with E-state index in [1.54, 1.807) is 0 Å². The highest BCUT2D eigenvalue weighted by Gasteiger charge is 2.25. The maximum Gasteiger partial charge on any atom is 0.163 e. The Morgan fingerprint density at radius 3 is 2.08 bits per heavy atom. The molecule has 118 valence electrons. The van der Waals surface area contributed by atoms with Crippen LogP contribution in [0.3, 0.4) is 0 Å². The van der Waals surface area contributed by atoms with Crippen molar-refractivity contribution < 1.29 is 4.79 Å². The van der Waals surface area contributed by atoms with Crippen molar-refractivity contribution in [3.63, 3.8) is 0 Å². The smallest absolute Gasteiger partial charge is 0.163 e. The van der Waals surface area contributed by atoms with Crippen LogP contribution in [-0.2, 0) is 6.42 Å². The van der Waals surface area contributed by atoms with Gasteiger partial charge in [-0.15, -0.1) is 0 Å². The Bertz CT molecular complexity index is 879. The van der Waals surface area contributed by atoms with Gasteiger partial charge in [-0.1, -0.05) is 76.6 Å². The molecule has 0 bridgehead atoms. The largest absolute Gasteiger partial charge is 0.294 e. The molecule has 3 aromatic rings. The summed E-state index contributed by atoms with van der Waals surface area (Å²) >= 11 is 3.47. The molecule has 1 unspecified atom stereocenters. The van der Waals surface area contributed by atoms with Gasteiger partial charge in [0.05, 0.1) is 0 Å². The Hall–Kier alpha value is -2.19. The Balaban J connectivity index is 1.60. The first kappa shape index (κ1) is 15.3. The SMILES string of the molecule is O=C1CC(c2ccc(-c3ccc(Br)cc3)cc2)Cc2ccccc21. The molecule has 1 aliphatic rings. The minimum Gasteiger partial charge on any atom is -0.294 e. The maximum atomic E-state index is 12.4. The van der Waals surface area contributed by atoms with E-state index in [2.05, 4.69) is 70.5 Å². The van der Waals surface area contributed by atoms with Crippen LogP contribution in [0.4, 0.5) is 0 Å². The summed E-state index contributed by atoms with van der Waals surface area (Å²) in [5, 5.41) is 0. The number of hydrogen-bond donors (Lipinski definition) is 0. The molecule has 4 rings (SSSR count). The number of benzene rings is 3. The zero-order valence-corrected chi connectivity index (χ0v) is 14.8. The number of fused-ring (bicyclic) bond motifs is 1. The van der Waals surface area contributed by atoms with Gasteiger partial charge in [0.1, 0.15) is 0 Å². The summed E-state index contributed by atoms with van der Waals surface area (Å²) in [6.45, 7) is 0. The van der Waals surface area contributed by atoms with Crippen molar-refractivity contribution in [1.82, 2.24) is 0 Å². The van der Waals surface area contributed by atoms with Crippen LogP contribution in [0.2, 0.25) is 0 Å². The van der Waals surface area contributed by atoms with E-state index in [9.17, 15) is 4.79 Å². The van der Waals surface area contributed by atoms with Crippen molar-refractivity contribution in [3.05, 3.63) is 94.0 Å². The van der Waals surface area contributed by atoms with E-state index in [1.807, 2.05) is 18.2 Å². The highest BCUT2D eigenvalue weighted by atomic mass is 79.9. The van der Waals surface area contributed by atoms with Crippen LogP contribution >= 0.6 is 15.9 Å². The third kappa shape index (κ3) is 2.94. The molecule has 1 atom stereocenters. The average molecular weight is 377 g/mol. The van der Waals surface area contributed by atoms with Crippen LogP contribution in [-0.4, -0.2) is 5.78 Å². The van der Waals surface area contributed by atoms with E-state index in [-0.39, 0.29) is 11.7 Å². The van der Waals surface area contributed by atoms with E-state index < -0.39 is 0 Å². The summed E-state index contributed by atoms with van der Waals surface area (Å²) in [4.78, 5) is 12.4. The second kappa shape index (κ2) is 6.37. The minimum atomic E-state index is 0.263. The number of carbonyl (C=O) groups is 1. The molecule has 24 heavy (non-hydrogen) atoms. The van der Waals surface area contributed by atoms with Crippen LogP contribution in [0.1, 0.15) is 33.8 Å². The number of carbonyl (C=O) groups excluding carboxylic acids is 1. The first-order valence-electron chi connectivity index (χ1n) is 8.18. The molecule has 0 saturated heterocycles. The third-order valence-electron chi connectivity index (χ3n) is 4.78. The number of halogens is 1. The predicted octanol–water partition coefficient (Wildman–Crippen LogP) is 6.03.